The zero-order valence-corrected chi connectivity index (χ0v) is 18.8. The molecule has 3 aromatic heterocycles. The van der Waals surface area contributed by atoms with Crippen LogP contribution in [0.5, 0.6) is 5.88 Å². The van der Waals surface area contributed by atoms with Crippen molar-refractivity contribution in [1.82, 2.24) is 14.8 Å². The first kappa shape index (κ1) is 22.4. The van der Waals surface area contributed by atoms with Crippen molar-refractivity contribution in [3.63, 3.8) is 0 Å². The number of hydrogen-bond donors (Lipinski definition) is 2. The summed E-state index contributed by atoms with van der Waals surface area (Å²) >= 11 is 0. The average molecular weight is 460 g/mol. The van der Waals surface area contributed by atoms with Crippen molar-refractivity contribution >= 4 is 30.9 Å². The Hall–Kier alpha value is -2.81. The quantitative estimate of drug-likeness (QED) is 0.532. The van der Waals surface area contributed by atoms with E-state index in [1.807, 2.05) is 0 Å². The SMILES string of the molecule is COc1nc(N2CCC(CCP(O)O)CC2)cc2cnn(C(=O)c3ccc(C)o3)c(=O)c12. The molecule has 1 fully saturated rings. The Bertz CT molecular complexity index is 1180. The lowest BCUT2D eigenvalue weighted by molar-refractivity contribution is 0.0910. The molecule has 10 nitrogen and oxygen atoms in total. The number of carbonyl (C=O) groups excluding carboxylic acids is 1. The predicted octanol–water partition coefficient (Wildman–Crippen LogP) is 2.29. The van der Waals surface area contributed by atoms with Gasteiger partial charge in [0, 0.05) is 24.6 Å². The van der Waals surface area contributed by atoms with Crippen molar-refractivity contribution in [3.8, 4) is 5.88 Å². The second-order valence-corrected chi connectivity index (χ2v) is 9.04. The van der Waals surface area contributed by atoms with Gasteiger partial charge in [0.15, 0.2) is 14.1 Å². The Labute approximate surface area is 185 Å². The van der Waals surface area contributed by atoms with Crippen molar-refractivity contribution in [1.29, 1.82) is 0 Å². The molecule has 0 amide bonds. The molecule has 0 unspecified atom stereocenters. The number of piperidine rings is 1. The van der Waals surface area contributed by atoms with Crippen LogP contribution in [0.3, 0.4) is 0 Å². The lowest BCUT2D eigenvalue weighted by Gasteiger charge is -2.33. The van der Waals surface area contributed by atoms with E-state index < -0.39 is 19.8 Å². The molecule has 4 heterocycles. The van der Waals surface area contributed by atoms with Crippen LogP contribution in [0, 0.1) is 12.8 Å². The Balaban J connectivity index is 1.61. The fourth-order valence-electron chi connectivity index (χ4n) is 3.98. The fourth-order valence-corrected chi connectivity index (χ4v) is 4.58. The summed E-state index contributed by atoms with van der Waals surface area (Å²) in [5.74, 6) is 1.18. The van der Waals surface area contributed by atoms with Gasteiger partial charge in [-0.2, -0.15) is 14.8 Å². The molecule has 0 spiro atoms. The molecule has 1 saturated heterocycles. The zero-order valence-electron chi connectivity index (χ0n) is 17.9. The summed E-state index contributed by atoms with van der Waals surface area (Å²) in [5.41, 5.74) is -0.624. The van der Waals surface area contributed by atoms with E-state index in [-0.39, 0.29) is 17.0 Å². The first-order chi connectivity index (χ1) is 15.4. The zero-order chi connectivity index (χ0) is 22.8. The number of methoxy groups -OCH3 is 1. The molecule has 1 aliphatic rings. The summed E-state index contributed by atoms with van der Waals surface area (Å²) in [6, 6.07) is 4.92. The highest BCUT2D eigenvalue weighted by Crippen LogP contribution is 2.32. The minimum atomic E-state index is -1.84. The summed E-state index contributed by atoms with van der Waals surface area (Å²) in [7, 11) is -0.410. The molecule has 4 rings (SSSR count). The van der Waals surface area contributed by atoms with Gasteiger partial charge >= 0.3 is 5.91 Å². The van der Waals surface area contributed by atoms with E-state index in [1.54, 1.807) is 19.1 Å². The van der Waals surface area contributed by atoms with E-state index in [0.717, 1.165) is 37.0 Å². The number of rotatable bonds is 6. The Morgan fingerprint density at radius 3 is 2.69 bits per heavy atom. The predicted molar refractivity (Wildman–Crippen MR) is 119 cm³/mol. The van der Waals surface area contributed by atoms with Crippen LogP contribution in [0.1, 0.15) is 35.6 Å². The number of pyridine rings is 1. The van der Waals surface area contributed by atoms with Crippen molar-refractivity contribution < 1.29 is 23.7 Å². The number of hydrogen-bond acceptors (Lipinski definition) is 9. The van der Waals surface area contributed by atoms with E-state index in [0.29, 0.717) is 29.0 Å². The second kappa shape index (κ2) is 9.36. The van der Waals surface area contributed by atoms with Gasteiger partial charge in [-0.1, -0.05) is 0 Å². The summed E-state index contributed by atoms with van der Waals surface area (Å²) in [4.78, 5) is 50.6. The van der Waals surface area contributed by atoms with Gasteiger partial charge in [-0.3, -0.25) is 9.59 Å². The molecule has 3 aromatic rings. The molecule has 170 valence electrons. The smallest absolute Gasteiger partial charge is 0.317 e. The topological polar surface area (TPSA) is 131 Å². The number of anilines is 1. The number of aryl methyl sites for hydroxylation is 1. The molecule has 0 aromatic carbocycles. The average Bonchev–Trinajstić information content (AvgIpc) is 3.23. The molecule has 32 heavy (non-hydrogen) atoms. The van der Waals surface area contributed by atoms with Gasteiger partial charge < -0.3 is 23.8 Å². The normalized spacial score (nSPS) is 15.0. The maximum absolute atomic E-state index is 13.1. The minimum Gasteiger partial charge on any atom is -0.480 e. The van der Waals surface area contributed by atoms with Crippen molar-refractivity contribution in [3.05, 3.63) is 46.3 Å². The Kier molecular flexibility index (Phi) is 6.55. The molecule has 0 aliphatic carbocycles. The van der Waals surface area contributed by atoms with Gasteiger partial charge in [0.2, 0.25) is 5.88 Å². The van der Waals surface area contributed by atoms with Gasteiger partial charge in [-0.15, -0.1) is 0 Å². The fraction of sp³-hybridized carbons (Fsp3) is 0.429. The van der Waals surface area contributed by atoms with Crippen LogP contribution >= 0.6 is 8.38 Å². The highest BCUT2D eigenvalue weighted by atomic mass is 31.2. The van der Waals surface area contributed by atoms with Crippen LogP contribution in [-0.4, -0.2) is 56.8 Å². The van der Waals surface area contributed by atoms with Crippen LogP contribution in [0.2, 0.25) is 0 Å². The molecular weight excluding hydrogens is 435 g/mol. The van der Waals surface area contributed by atoms with Gasteiger partial charge in [0.1, 0.15) is 17.0 Å². The first-order valence-electron chi connectivity index (χ1n) is 10.4. The summed E-state index contributed by atoms with van der Waals surface area (Å²) < 4.78 is 11.5. The monoisotopic (exact) mass is 460 g/mol. The summed E-state index contributed by atoms with van der Waals surface area (Å²) in [5, 5.41) is 4.76. The third-order valence-electron chi connectivity index (χ3n) is 5.73. The van der Waals surface area contributed by atoms with Gasteiger partial charge in [0.25, 0.3) is 5.56 Å². The highest BCUT2D eigenvalue weighted by Gasteiger charge is 2.24. The Morgan fingerprint density at radius 2 is 2.06 bits per heavy atom. The molecule has 0 saturated carbocycles. The van der Waals surface area contributed by atoms with E-state index in [1.165, 1.54) is 19.4 Å². The van der Waals surface area contributed by atoms with E-state index in [2.05, 4.69) is 15.0 Å². The van der Waals surface area contributed by atoms with Crippen LogP contribution in [0.25, 0.3) is 10.8 Å². The van der Waals surface area contributed by atoms with Crippen molar-refractivity contribution in [2.24, 2.45) is 5.92 Å². The van der Waals surface area contributed by atoms with Gasteiger partial charge in [-0.25, -0.2) is 0 Å². The number of aromatic nitrogens is 3. The molecule has 0 radical (unpaired) electrons. The molecule has 0 bridgehead atoms. The highest BCUT2D eigenvalue weighted by molar-refractivity contribution is 7.45. The van der Waals surface area contributed by atoms with E-state index >= 15 is 0 Å². The lowest BCUT2D eigenvalue weighted by atomic mass is 9.94. The molecular formula is C21H25N4O6P. The number of furan rings is 1. The third-order valence-corrected chi connectivity index (χ3v) is 6.39. The first-order valence-corrected chi connectivity index (χ1v) is 11.8. The maximum atomic E-state index is 13.1. The van der Waals surface area contributed by atoms with E-state index in [9.17, 15) is 9.59 Å². The van der Waals surface area contributed by atoms with Crippen LogP contribution in [0.4, 0.5) is 5.82 Å². The van der Waals surface area contributed by atoms with Crippen LogP contribution in [0.15, 0.2) is 33.6 Å². The van der Waals surface area contributed by atoms with Gasteiger partial charge in [0.05, 0.1) is 13.3 Å². The number of ether oxygens (including phenoxy) is 1. The number of fused-ring (bicyclic) bond motifs is 1. The largest absolute Gasteiger partial charge is 0.480 e. The molecule has 0 atom stereocenters. The number of nitrogens with zero attached hydrogens (tertiary/aromatic N) is 4. The number of carbonyl (C=O) groups is 1. The minimum absolute atomic E-state index is 0.0258. The van der Waals surface area contributed by atoms with E-state index in [4.69, 9.17) is 18.9 Å². The lowest BCUT2D eigenvalue weighted by Crippen LogP contribution is -2.35. The third kappa shape index (κ3) is 4.53. The standard InChI is InChI=1S/C21H25N4O6P/c1-13-3-4-16(31-13)20(26)25-21(27)18-15(12-22-25)11-17(23-19(18)30-2)24-8-5-14(6-9-24)7-10-32(28)29/h3-4,11-12,14,28-29H,5-10H2,1-2H3. The van der Waals surface area contributed by atoms with Crippen LogP contribution < -0.4 is 15.2 Å². The summed E-state index contributed by atoms with van der Waals surface area (Å²) in [6.45, 7) is 3.24. The van der Waals surface area contributed by atoms with Crippen molar-refractivity contribution in [2.45, 2.75) is 26.2 Å². The molecule has 2 N–H and O–H groups in total. The van der Waals surface area contributed by atoms with Gasteiger partial charge in [-0.05, 0) is 50.3 Å². The van der Waals surface area contributed by atoms with Crippen molar-refractivity contribution in [2.75, 3.05) is 31.3 Å². The summed E-state index contributed by atoms with van der Waals surface area (Å²) in [6.07, 6.45) is 4.53. The molecule has 11 heteroatoms. The second-order valence-electron chi connectivity index (χ2n) is 7.85. The Morgan fingerprint density at radius 1 is 1.31 bits per heavy atom. The van der Waals surface area contributed by atoms with Crippen LogP contribution in [-0.2, 0) is 0 Å². The maximum Gasteiger partial charge on any atom is 0.317 e. The molecule has 1 aliphatic heterocycles.